The molecule has 6 nitrogen and oxygen atoms in total. The largest absolute Gasteiger partial charge is 0.454 e. The average molecular weight is 480 g/mol. The highest BCUT2D eigenvalue weighted by Crippen LogP contribution is 2.23. The smallest absolute Gasteiger partial charge is 0.340 e. The molecule has 0 atom stereocenters. The number of hydrogen-bond donors (Lipinski definition) is 1. The minimum absolute atomic E-state index is 0.0163. The van der Waals surface area contributed by atoms with Crippen LogP contribution in [0.3, 0.4) is 0 Å². The van der Waals surface area contributed by atoms with Gasteiger partial charge in [0.25, 0.3) is 10.0 Å². The number of carbonyl (C=O) groups excluding carboxylic acids is 2. The summed E-state index contributed by atoms with van der Waals surface area (Å²) in [5, 5.41) is 1.64. The van der Waals surface area contributed by atoms with Gasteiger partial charge in [0, 0.05) is 10.0 Å². The van der Waals surface area contributed by atoms with Crippen molar-refractivity contribution in [1.82, 2.24) is 0 Å². The highest BCUT2D eigenvalue weighted by Gasteiger charge is 2.21. The SMILES string of the molecule is O=C(COC(=O)c1ccccc1NS(=O)(=O)c1cccs1)c1ccccc1Br. The fourth-order valence-corrected chi connectivity index (χ4v) is 4.91. The highest BCUT2D eigenvalue weighted by molar-refractivity contribution is 9.10. The predicted molar refractivity (Wildman–Crippen MR) is 110 cm³/mol. The summed E-state index contributed by atoms with van der Waals surface area (Å²) in [4.78, 5) is 24.7. The summed E-state index contributed by atoms with van der Waals surface area (Å²) in [6.45, 7) is -0.465. The normalized spacial score (nSPS) is 11.0. The molecule has 2 aromatic carbocycles. The van der Waals surface area contributed by atoms with Gasteiger partial charge in [0.1, 0.15) is 4.21 Å². The van der Waals surface area contributed by atoms with E-state index in [9.17, 15) is 18.0 Å². The van der Waals surface area contributed by atoms with Crippen molar-refractivity contribution in [3.63, 3.8) is 0 Å². The molecule has 0 aliphatic heterocycles. The third kappa shape index (κ3) is 4.67. The van der Waals surface area contributed by atoms with E-state index in [1.54, 1.807) is 47.8 Å². The number of anilines is 1. The highest BCUT2D eigenvalue weighted by atomic mass is 79.9. The molecule has 0 saturated carbocycles. The lowest BCUT2D eigenvalue weighted by Crippen LogP contribution is -2.18. The third-order valence-corrected chi connectivity index (χ3v) is 7.11. The van der Waals surface area contributed by atoms with Crippen LogP contribution in [0.5, 0.6) is 0 Å². The van der Waals surface area contributed by atoms with Gasteiger partial charge in [0.15, 0.2) is 6.61 Å². The number of ketones is 1. The maximum atomic E-state index is 12.4. The molecule has 1 aromatic heterocycles. The van der Waals surface area contributed by atoms with Gasteiger partial charge in [0.2, 0.25) is 5.78 Å². The molecular formula is C19H14BrNO5S2. The Bertz CT molecular complexity index is 1110. The molecule has 0 unspecified atom stereocenters. The summed E-state index contributed by atoms with van der Waals surface area (Å²) in [7, 11) is -3.82. The van der Waals surface area contributed by atoms with Gasteiger partial charge in [-0.05, 0) is 29.6 Å². The summed E-state index contributed by atoms with van der Waals surface area (Å²) >= 11 is 4.34. The number of benzene rings is 2. The molecule has 0 fully saturated rings. The summed E-state index contributed by atoms with van der Waals surface area (Å²) in [5.41, 5.74) is 0.485. The Morgan fingerprint density at radius 2 is 1.64 bits per heavy atom. The van der Waals surface area contributed by atoms with Crippen molar-refractivity contribution >= 4 is 54.7 Å². The van der Waals surface area contributed by atoms with Crippen LogP contribution in [0, 0.1) is 0 Å². The molecule has 3 rings (SSSR count). The van der Waals surface area contributed by atoms with Crippen molar-refractivity contribution in [2.45, 2.75) is 4.21 Å². The Morgan fingerprint density at radius 1 is 0.964 bits per heavy atom. The molecule has 9 heteroatoms. The summed E-state index contributed by atoms with van der Waals surface area (Å²) in [6, 6.07) is 15.9. The van der Waals surface area contributed by atoms with Crippen LogP contribution in [-0.2, 0) is 14.8 Å². The first-order valence-electron chi connectivity index (χ1n) is 7.99. The van der Waals surface area contributed by atoms with Gasteiger partial charge in [-0.2, -0.15) is 0 Å². The van der Waals surface area contributed by atoms with Gasteiger partial charge < -0.3 is 4.74 Å². The van der Waals surface area contributed by atoms with Crippen LogP contribution < -0.4 is 4.72 Å². The Morgan fingerprint density at radius 3 is 2.32 bits per heavy atom. The first-order valence-corrected chi connectivity index (χ1v) is 11.1. The van der Waals surface area contributed by atoms with Crippen molar-refractivity contribution < 1.29 is 22.7 Å². The standard InChI is InChI=1S/C19H14BrNO5S2/c20-15-8-3-1-6-13(15)17(22)12-26-19(23)14-7-2-4-9-16(14)21-28(24,25)18-10-5-11-27-18/h1-11,21H,12H2. The molecule has 0 radical (unpaired) electrons. The molecule has 3 aromatic rings. The van der Waals surface area contributed by atoms with Gasteiger partial charge in [-0.3, -0.25) is 9.52 Å². The van der Waals surface area contributed by atoms with Gasteiger partial charge in [-0.1, -0.05) is 52.3 Å². The van der Waals surface area contributed by atoms with Gasteiger partial charge in [-0.15, -0.1) is 11.3 Å². The molecule has 144 valence electrons. The summed E-state index contributed by atoms with van der Waals surface area (Å²) in [5.74, 6) is -1.18. The van der Waals surface area contributed by atoms with Crippen LogP contribution in [0.1, 0.15) is 20.7 Å². The van der Waals surface area contributed by atoms with Crippen LogP contribution in [-0.4, -0.2) is 26.8 Å². The maximum absolute atomic E-state index is 12.4. The van der Waals surface area contributed by atoms with E-state index in [0.717, 1.165) is 11.3 Å². The van der Waals surface area contributed by atoms with E-state index in [-0.39, 0.29) is 21.2 Å². The first kappa shape index (κ1) is 20.2. The van der Waals surface area contributed by atoms with E-state index in [4.69, 9.17) is 4.74 Å². The lowest BCUT2D eigenvalue weighted by Gasteiger charge is -2.11. The van der Waals surface area contributed by atoms with Crippen molar-refractivity contribution in [1.29, 1.82) is 0 Å². The molecule has 0 aliphatic carbocycles. The number of thiophene rings is 1. The van der Waals surface area contributed by atoms with E-state index in [1.165, 1.54) is 18.2 Å². The number of esters is 1. The molecule has 0 aliphatic rings. The van der Waals surface area contributed by atoms with Crippen LogP contribution in [0.25, 0.3) is 0 Å². The maximum Gasteiger partial charge on any atom is 0.340 e. The minimum Gasteiger partial charge on any atom is -0.454 e. The molecule has 28 heavy (non-hydrogen) atoms. The van der Waals surface area contributed by atoms with Crippen LogP contribution in [0.4, 0.5) is 5.69 Å². The van der Waals surface area contributed by atoms with Crippen molar-refractivity contribution in [2.24, 2.45) is 0 Å². The summed E-state index contributed by atoms with van der Waals surface area (Å²) < 4.78 is 33.0. The Balaban J connectivity index is 1.74. The molecule has 0 spiro atoms. The zero-order valence-corrected chi connectivity index (χ0v) is 17.5. The topological polar surface area (TPSA) is 89.5 Å². The second-order valence-electron chi connectivity index (χ2n) is 5.56. The zero-order chi connectivity index (χ0) is 20.1. The molecule has 0 saturated heterocycles. The molecule has 1 heterocycles. The van der Waals surface area contributed by atoms with E-state index in [1.807, 2.05) is 0 Å². The van der Waals surface area contributed by atoms with Gasteiger partial charge in [-0.25, -0.2) is 13.2 Å². The molecule has 0 amide bonds. The first-order chi connectivity index (χ1) is 13.4. The van der Waals surface area contributed by atoms with Gasteiger partial charge >= 0.3 is 5.97 Å². The Kier molecular flexibility index (Phi) is 6.28. The predicted octanol–water partition coefficient (Wildman–Crippen LogP) is 4.35. The summed E-state index contributed by atoms with van der Waals surface area (Å²) in [6.07, 6.45) is 0. The van der Waals surface area contributed by atoms with E-state index < -0.39 is 22.6 Å². The monoisotopic (exact) mass is 479 g/mol. The Hall–Kier alpha value is -2.49. The molecule has 0 bridgehead atoms. The lowest BCUT2D eigenvalue weighted by atomic mass is 10.1. The average Bonchev–Trinajstić information content (AvgIpc) is 3.22. The van der Waals surface area contributed by atoms with Gasteiger partial charge in [0.05, 0.1) is 11.3 Å². The number of Topliss-reactive ketones (excluding diaryl/α,β-unsaturated/α-hetero) is 1. The minimum atomic E-state index is -3.82. The molecular weight excluding hydrogens is 466 g/mol. The number of ether oxygens (including phenoxy) is 1. The fraction of sp³-hybridized carbons (Fsp3) is 0.0526. The van der Waals surface area contributed by atoms with Crippen LogP contribution >= 0.6 is 27.3 Å². The van der Waals surface area contributed by atoms with Crippen molar-refractivity contribution in [2.75, 3.05) is 11.3 Å². The lowest BCUT2D eigenvalue weighted by molar-refractivity contribution is 0.0475. The molecule has 1 N–H and O–H groups in total. The Labute approximate surface area is 174 Å². The van der Waals surface area contributed by atoms with E-state index in [2.05, 4.69) is 20.7 Å². The van der Waals surface area contributed by atoms with Crippen LogP contribution in [0.15, 0.2) is 74.7 Å². The number of hydrogen-bond acceptors (Lipinski definition) is 6. The number of carbonyl (C=O) groups is 2. The second kappa shape index (κ2) is 8.68. The zero-order valence-electron chi connectivity index (χ0n) is 14.3. The number of sulfonamides is 1. The van der Waals surface area contributed by atoms with Crippen molar-refractivity contribution in [3.8, 4) is 0 Å². The van der Waals surface area contributed by atoms with E-state index in [0.29, 0.717) is 10.0 Å². The van der Waals surface area contributed by atoms with Crippen LogP contribution in [0.2, 0.25) is 0 Å². The second-order valence-corrected chi connectivity index (χ2v) is 9.27. The fourth-order valence-electron chi connectivity index (χ4n) is 2.34. The number of nitrogens with one attached hydrogen (secondary N) is 1. The quantitative estimate of drug-likeness (QED) is 0.401. The van der Waals surface area contributed by atoms with Crippen molar-refractivity contribution in [3.05, 3.63) is 81.6 Å². The number of para-hydroxylation sites is 1. The third-order valence-electron chi connectivity index (χ3n) is 3.66. The number of halogens is 1. The van der Waals surface area contributed by atoms with E-state index >= 15 is 0 Å². The number of rotatable bonds is 7.